The number of carbonyl (C=O) groups is 1. The Morgan fingerprint density at radius 1 is 1.62 bits per heavy atom. The molecule has 0 aromatic heterocycles. The van der Waals surface area contributed by atoms with Crippen LogP contribution in [0.15, 0.2) is 22.7 Å². The van der Waals surface area contributed by atoms with E-state index in [1.165, 1.54) is 0 Å². The predicted molar refractivity (Wildman–Crippen MR) is 69.8 cm³/mol. The lowest BCUT2D eigenvalue weighted by Crippen LogP contribution is -2.28. The first-order chi connectivity index (χ1) is 7.50. The summed E-state index contributed by atoms with van der Waals surface area (Å²) in [5.41, 5.74) is 6.17. The highest BCUT2D eigenvalue weighted by molar-refractivity contribution is 9.10. The maximum Gasteiger partial charge on any atom is 0.251 e. The Balaban J connectivity index is 2.56. The zero-order chi connectivity index (χ0) is 12.1. The number of nitrogens with one attached hydrogen (secondary N) is 1. The fourth-order valence-electron chi connectivity index (χ4n) is 1.15. The van der Waals surface area contributed by atoms with Crippen molar-refractivity contribution in [3.05, 3.63) is 33.3 Å². The van der Waals surface area contributed by atoms with Crippen molar-refractivity contribution in [2.24, 2.45) is 5.73 Å². The van der Waals surface area contributed by atoms with Gasteiger partial charge in [-0.2, -0.15) is 0 Å². The molecule has 0 saturated heterocycles. The number of hydrogen-bond donors (Lipinski definition) is 2. The molecule has 5 heteroatoms. The molecule has 0 saturated carbocycles. The van der Waals surface area contributed by atoms with Crippen molar-refractivity contribution in [2.45, 2.75) is 19.4 Å². The van der Waals surface area contributed by atoms with Gasteiger partial charge in [0.15, 0.2) is 0 Å². The van der Waals surface area contributed by atoms with Crippen LogP contribution in [-0.2, 0) is 0 Å². The molecule has 0 aliphatic carbocycles. The van der Waals surface area contributed by atoms with E-state index in [2.05, 4.69) is 21.2 Å². The summed E-state index contributed by atoms with van der Waals surface area (Å²) in [6.45, 7) is 2.49. The fourth-order valence-corrected chi connectivity index (χ4v) is 1.65. The number of amides is 1. The third kappa shape index (κ3) is 4.12. The normalized spacial score (nSPS) is 12.2. The van der Waals surface area contributed by atoms with E-state index in [0.29, 0.717) is 21.6 Å². The second-order valence-corrected chi connectivity index (χ2v) is 4.91. The molecule has 0 radical (unpaired) electrons. The molecule has 0 fully saturated rings. The second kappa shape index (κ2) is 6.23. The Kier molecular flexibility index (Phi) is 5.25. The van der Waals surface area contributed by atoms with E-state index >= 15 is 0 Å². The van der Waals surface area contributed by atoms with Crippen molar-refractivity contribution in [1.82, 2.24) is 5.32 Å². The Morgan fingerprint density at radius 2 is 2.31 bits per heavy atom. The van der Waals surface area contributed by atoms with Gasteiger partial charge in [0.2, 0.25) is 0 Å². The van der Waals surface area contributed by atoms with E-state index in [1.54, 1.807) is 18.2 Å². The summed E-state index contributed by atoms with van der Waals surface area (Å²) in [6.07, 6.45) is 0.764. The SMILES string of the molecule is CC(N)CCNC(=O)c1ccc(Cl)c(Br)c1. The molecule has 0 bridgehead atoms. The van der Waals surface area contributed by atoms with E-state index in [-0.39, 0.29) is 11.9 Å². The van der Waals surface area contributed by atoms with Gasteiger partial charge in [0.05, 0.1) is 5.02 Å². The first kappa shape index (κ1) is 13.5. The Morgan fingerprint density at radius 3 is 2.88 bits per heavy atom. The first-order valence-electron chi connectivity index (χ1n) is 4.99. The van der Waals surface area contributed by atoms with Gasteiger partial charge < -0.3 is 11.1 Å². The van der Waals surface area contributed by atoms with Gasteiger partial charge in [0.25, 0.3) is 5.91 Å². The van der Waals surface area contributed by atoms with Crippen LogP contribution in [0.5, 0.6) is 0 Å². The summed E-state index contributed by atoms with van der Waals surface area (Å²) in [5.74, 6) is -0.113. The number of nitrogens with two attached hydrogens (primary N) is 1. The zero-order valence-corrected chi connectivity index (χ0v) is 11.3. The molecule has 3 N–H and O–H groups in total. The summed E-state index contributed by atoms with van der Waals surface area (Å²) in [7, 11) is 0. The van der Waals surface area contributed by atoms with Crippen LogP contribution in [-0.4, -0.2) is 18.5 Å². The van der Waals surface area contributed by atoms with Crippen LogP contribution in [0.4, 0.5) is 0 Å². The van der Waals surface area contributed by atoms with E-state index in [1.807, 2.05) is 6.92 Å². The van der Waals surface area contributed by atoms with Crippen LogP contribution < -0.4 is 11.1 Å². The standard InChI is InChI=1S/C11H14BrClN2O/c1-7(14)4-5-15-11(16)8-2-3-10(13)9(12)6-8/h2-3,6-7H,4-5,14H2,1H3,(H,15,16). The van der Waals surface area contributed by atoms with Gasteiger partial charge in [-0.05, 0) is 47.5 Å². The van der Waals surface area contributed by atoms with Crippen LogP contribution in [0.25, 0.3) is 0 Å². The fraction of sp³-hybridized carbons (Fsp3) is 0.364. The van der Waals surface area contributed by atoms with E-state index in [0.717, 1.165) is 6.42 Å². The molecule has 1 amide bonds. The Labute approximate surface area is 108 Å². The van der Waals surface area contributed by atoms with E-state index < -0.39 is 0 Å². The smallest absolute Gasteiger partial charge is 0.251 e. The van der Waals surface area contributed by atoms with Gasteiger partial charge in [0.1, 0.15) is 0 Å². The largest absolute Gasteiger partial charge is 0.352 e. The van der Waals surface area contributed by atoms with E-state index in [9.17, 15) is 4.79 Å². The lowest BCUT2D eigenvalue weighted by molar-refractivity contribution is 0.0952. The number of halogens is 2. The minimum Gasteiger partial charge on any atom is -0.352 e. The molecular formula is C11H14BrClN2O. The van der Waals surface area contributed by atoms with Crippen LogP contribution >= 0.6 is 27.5 Å². The molecule has 3 nitrogen and oxygen atoms in total. The highest BCUT2D eigenvalue weighted by atomic mass is 79.9. The third-order valence-corrected chi connectivity index (χ3v) is 3.28. The third-order valence-electron chi connectivity index (χ3n) is 2.07. The van der Waals surface area contributed by atoms with Gasteiger partial charge in [-0.3, -0.25) is 4.79 Å². The topological polar surface area (TPSA) is 55.1 Å². The van der Waals surface area contributed by atoms with Crippen LogP contribution in [0.3, 0.4) is 0 Å². The highest BCUT2D eigenvalue weighted by Gasteiger charge is 2.07. The number of rotatable bonds is 4. The average Bonchev–Trinajstić information content (AvgIpc) is 2.21. The molecule has 1 aromatic rings. The van der Waals surface area contributed by atoms with Gasteiger partial charge in [0, 0.05) is 22.6 Å². The summed E-state index contributed by atoms with van der Waals surface area (Å²) < 4.78 is 0.717. The van der Waals surface area contributed by atoms with E-state index in [4.69, 9.17) is 17.3 Å². The molecule has 0 aliphatic heterocycles. The molecule has 88 valence electrons. The maximum absolute atomic E-state index is 11.7. The monoisotopic (exact) mass is 304 g/mol. The van der Waals surface area contributed by atoms with Crippen molar-refractivity contribution < 1.29 is 4.79 Å². The van der Waals surface area contributed by atoms with Crippen molar-refractivity contribution in [3.63, 3.8) is 0 Å². The van der Waals surface area contributed by atoms with Crippen molar-refractivity contribution in [3.8, 4) is 0 Å². The van der Waals surface area contributed by atoms with Gasteiger partial charge in [-0.1, -0.05) is 11.6 Å². The molecule has 1 aromatic carbocycles. The molecular weight excluding hydrogens is 291 g/mol. The Bertz CT molecular complexity index is 382. The van der Waals surface area contributed by atoms with Gasteiger partial charge in [-0.25, -0.2) is 0 Å². The lowest BCUT2D eigenvalue weighted by atomic mass is 10.2. The predicted octanol–water partition coefficient (Wildman–Crippen LogP) is 2.57. The summed E-state index contributed by atoms with van der Waals surface area (Å²) in [6, 6.07) is 5.17. The van der Waals surface area contributed by atoms with Gasteiger partial charge in [-0.15, -0.1) is 0 Å². The molecule has 0 aliphatic rings. The van der Waals surface area contributed by atoms with Crippen LogP contribution in [0.1, 0.15) is 23.7 Å². The van der Waals surface area contributed by atoms with Gasteiger partial charge >= 0.3 is 0 Å². The molecule has 1 unspecified atom stereocenters. The first-order valence-corrected chi connectivity index (χ1v) is 6.16. The van der Waals surface area contributed by atoms with Crippen molar-refractivity contribution >= 4 is 33.4 Å². The Hall–Kier alpha value is -0.580. The van der Waals surface area contributed by atoms with Crippen LogP contribution in [0, 0.1) is 0 Å². The minimum atomic E-state index is -0.113. The quantitative estimate of drug-likeness (QED) is 0.898. The number of carbonyl (C=O) groups excluding carboxylic acids is 1. The summed E-state index contributed by atoms with van der Waals surface area (Å²) in [5, 5.41) is 3.38. The molecule has 1 rings (SSSR count). The average molecular weight is 306 g/mol. The summed E-state index contributed by atoms with van der Waals surface area (Å²) in [4.78, 5) is 11.7. The highest BCUT2D eigenvalue weighted by Crippen LogP contribution is 2.23. The van der Waals surface area contributed by atoms with Crippen molar-refractivity contribution in [1.29, 1.82) is 0 Å². The van der Waals surface area contributed by atoms with Crippen LogP contribution in [0.2, 0.25) is 5.02 Å². The zero-order valence-electron chi connectivity index (χ0n) is 8.97. The number of hydrogen-bond acceptors (Lipinski definition) is 2. The lowest BCUT2D eigenvalue weighted by Gasteiger charge is -2.07. The summed E-state index contributed by atoms with van der Waals surface area (Å²) >= 11 is 9.11. The number of benzene rings is 1. The molecule has 16 heavy (non-hydrogen) atoms. The molecule has 1 atom stereocenters. The molecule has 0 spiro atoms. The van der Waals surface area contributed by atoms with Crippen molar-refractivity contribution in [2.75, 3.05) is 6.54 Å². The second-order valence-electron chi connectivity index (χ2n) is 3.65. The maximum atomic E-state index is 11.7. The molecule has 0 heterocycles. The minimum absolute atomic E-state index is 0.0947.